The number of carbonyl (C=O) groups is 7. The molecule has 2 saturated heterocycles. The molecule has 11 N–H and O–H groups in total. The van der Waals surface area contributed by atoms with E-state index in [-0.39, 0.29) is 73.6 Å². The molecule has 8 rings (SSSR count). The minimum Gasteiger partial charge on any atom is -0.481 e. The van der Waals surface area contributed by atoms with E-state index in [0.29, 0.717) is 57.5 Å². The zero-order valence-corrected chi connectivity index (χ0v) is 53.7. The van der Waals surface area contributed by atoms with Crippen molar-refractivity contribution in [1.29, 1.82) is 0 Å². The van der Waals surface area contributed by atoms with Gasteiger partial charge < -0.3 is 67.0 Å². The summed E-state index contributed by atoms with van der Waals surface area (Å²) in [5, 5.41) is 42.9. The van der Waals surface area contributed by atoms with E-state index in [1.807, 2.05) is 97.9 Å². The number of aliphatic hydroxyl groups excluding tert-OH is 3. The van der Waals surface area contributed by atoms with Crippen LogP contribution in [0.3, 0.4) is 0 Å². The van der Waals surface area contributed by atoms with E-state index in [4.69, 9.17) is 47.0 Å². The average molecular weight is 1320 g/mol. The monoisotopic (exact) mass is 1310 g/mol. The first-order valence-corrected chi connectivity index (χ1v) is 30.5. The summed E-state index contributed by atoms with van der Waals surface area (Å²) in [4.78, 5) is 84.5. The number of aldehydes is 2. The van der Waals surface area contributed by atoms with E-state index >= 15 is 0 Å². The summed E-state index contributed by atoms with van der Waals surface area (Å²) >= 11 is 0. The lowest BCUT2D eigenvalue weighted by Crippen LogP contribution is -2.51. The van der Waals surface area contributed by atoms with Crippen LogP contribution in [0.2, 0.25) is 0 Å². The van der Waals surface area contributed by atoms with Gasteiger partial charge >= 0.3 is 18.3 Å². The van der Waals surface area contributed by atoms with Gasteiger partial charge in [0, 0.05) is 79.1 Å². The third-order valence-electron chi connectivity index (χ3n) is 14.9. The number of halogens is 6. The number of aliphatic carboxylic acids is 1. The highest BCUT2D eigenvalue weighted by atomic mass is 19.4. The molecule has 19 nitrogen and oxygen atoms in total. The molecule has 93 heavy (non-hydrogen) atoms. The standard InChI is InChI=1S/C23H31NO4.C19H21N3O3.C11H11N.C6H12O.C5H10O3.C2H3F3O.C2HF3O.H3N/c1-16(13-14-25)22(26)15-19(12-11-17(2)28-3)23(27)24-21-10-6-8-18-7-4-5-9-20(18)21;20-14-10-11-25-17-9-8-16(22(17)19(14)24)18(23)21-15-7-3-5-12-4-1-2-6-13(12)15;1-12-11-8-4-6-9-5-2-3-7-10(9)11;1-6(2)4-3-5-7;1-4(2-3-6)5(7)8;2*3-2(4,5)1-6;/h4-10,16-17,19,25H,11-15H2,1-3H3,(H,24,27);1-7,14,16-17H,8-11,20H2,(H,21,23);2-3,5,7,11H,4,6,8H2;5-6H,3-4H2,1-2H3;4,6H,2-3H2,1H3,(H,7,8);6H,1H2;1H;1H3/t16-,17?,19?;14-,16?,17-;11-;;4-;;;/m001.0.../s1. The fraction of sp³-hybridized carbons (Fsp3) is 0.500. The Morgan fingerprint density at radius 3 is 1.75 bits per heavy atom. The number of hydrogen-bond acceptors (Lipinski definition) is 14. The predicted octanol–water partition coefficient (Wildman–Crippen LogP) is 12.2. The molecule has 1 aliphatic carbocycles. The van der Waals surface area contributed by atoms with Crippen molar-refractivity contribution >= 4 is 75.0 Å². The topological polar surface area (TPSA) is 312 Å². The van der Waals surface area contributed by atoms with E-state index < -0.39 is 55.1 Å². The number of nitrogens with one attached hydrogen (secondary N) is 2. The Kier molecular flexibility index (Phi) is 39.4. The fourth-order valence-corrected chi connectivity index (χ4v) is 9.52. The Labute approximate surface area is 540 Å². The number of aryl methyl sites for hydroxylation is 1. The maximum absolute atomic E-state index is 13.0. The average Bonchev–Trinajstić information content (AvgIpc) is 1.81. The van der Waals surface area contributed by atoms with Gasteiger partial charge in [0.2, 0.25) is 30.0 Å². The van der Waals surface area contributed by atoms with E-state index in [1.165, 1.54) is 22.4 Å². The summed E-state index contributed by atoms with van der Waals surface area (Å²) < 4.78 is 73.9. The number of fused-ring (bicyclic) bond motifs is 4. The van der Waals surface area contributed by atoms with Gasteiger partial charge in [0.1, 0.15) is 30.9 Å². The normalized spacial score (nSPS) is 17.5. The molecule has 3 aliphatic rings. The molecule has 0 aromatic heterocycles. The summed E-state index contributed by atoms with van der Waals surface area (Å²) in [5.74, 6) is -1.79. The lowest BCUT2D eigenvalue weighted by molar-refractivity contribution is -0.159. The van der Waals surface area contributed by atoms with Gasteiger partial charge in [-0.2, -0.15) is 26.3 Å². The second kappa shape index (κ2) is 44.0. The minimum atomic E-state index is -4.64. The van der Waals surface area contributed by atoms with Crippen molar-refractivity contribution in [2.45, 2.75) is 161 Å². The van der Waals surface area contributed by atoms with E-state index in [0.717, 1.165) is 64.9 Å². The van der Waals surface area contributed by atoms with E-state index in [9.17, 15) is 55.1 Å². The molecule has 5 aromatic rings. The number of alkyl halides is 6. The van der Waals surface area contributed by atoms with Crippen molar-refractivity contribution in [2.24, 2.45) is 29.4 Å². The molecule has 3 amide bonds. The Hall–Kier alpha value is -7.70. The maximum atomic E-state index is 13.0. The molecule has 2 heterocycles. The van der Waals surface area contributed by atoms with E-state index in [1.54, 1.807) is 21.0 Å². The molecule has 2 aliphatic heterocycles. The van der Waals surface area contributed by atoms with Crippen LogP contribution in [-0.2, 0) is 49.5 Å². The minimum absolute atomic E-state index is 0. The van der Waals surface area contributed by atoms with Gasteiger partial charge in [0.15, 0.2) is 0 Å². The van der Waals surface area contributed by atoms with Gasteiger partial charge in [-0.1, -0.05) is 125 Å². The number of benzene rings is 5. The van der Waals surface area contributed by atoms with Crippen LogP contribution in [0.4, 0.5) is 37.7 Å². The molecule has 514 valence electrons. The van der Waals surface area contributed by atoms with Crippen molar-refractivity contribution in [1.82, 2.24) is 11.1 Å². The highest BCUT2D eigenvalue weighted by Gasteiger charge is 2.44. The number of ketones is 1. The molecule has 3 unspecified atom stereocenters. The van der Waals surface area contributed by atoms with Crippen molar-refractivity contribution < 1.29 is 89.8 Å². The largest absolute Gasteiger partial charge is 0.481 e. The Morgan fingerprint density at radius 2 is 1.27 bits per heavy atom. The number of amides is 3. The number of ether oxygens (including phenoxy) is 2. The number of nitrogens with two attached hydrogens (primary N) is 1. The number of hydrogen-bond donors (Lipinski definition) is 8. The molecule has 5 aromatic carbocycles. The van der Waals surface area contributed by atoms with Crippen LogP contribution >= 0.6 is 0 Å². The number of carbonyl (C=O) groups excluding carboxylic acids is 6. The van der Waals surface area contributed by atoms with Gasteiger partial charge in [0.05, 0.1) is 24.7 Å². The van der Waals surface area contributed by atoms with Crippen LogP contribution in [0.25, 0.3) is 26.4 Å². The second-order valence-corrected chi connectivity index (χ2v) is 22.6. The van der Waals surface area contributed by atoms with Gasteiger partial charge in [-0.25, -0.2) is 6.57 Å². The highest BCUT2D eigenvalue weighted by molar-refractivity contribution is 6.05. The van der Waals surface area contributed by atoms with Crippen LogP contribution in [-0.4, -0.2) is 138 Å². The summed E-state index contributed by atoms with van der Waals surface area (Å²) in [6, 6.07) is 34.7. The first-order chi connectivity index (χ1) is 43.6. The third-order valence-corrected chi connectivity index (χ3v) is 14.9. The van der Waals surface area contributed by atoms with Crippen LogP contribution < -0.4 is 22.5 Å². The highest BCUT2D eigenvalue weighted by Crippen LogP contribution is 2.33. The third kappa shape index (κ3) is 31.2. The number of carboxylic acid groups (broad SMARTS) is 1. The lowest BCUT2D eigenvalue weighted by atomic mass is 9.88. The zero-order valence-electron chi connectivity index (χ0n) is 53.7. The van der Waals surface area contributed by atoms with Crippen molar-refractivity contribution in [2.75, 3.05) is 44.2 Å². The smallest absolute Gasteiger partial charge is 0.446 e. The maximum Gasteiger partial charge on any atom is 0.446 e. The van der Waals surface area contributed by atoms with Crippen LogP contribution in [0.1, 0.15) is 129 Å². The molecule has 8 atom stereocenters. The first kappa shape index (κ1) is 83.3. The number of Topliss-reactive ketones (excluding diaryl/α,β-unsaturated/α-hetero) is 1. The summed E-state index contributed by atoms with van der Waals surface area (Å²) in [6.07, 6.45) is -0.387. The molecular weight excluding hydrogens is 1220 g/mol. The Bertz CT molecular complexity index is 3100. The van der Waals surface area contributed by atoms with Crippen LogP contribution in [0.5, 0.6) is 0 Å². The molecule has 2 fully saturated rings. The summed E-state index contributed by atoms with van der Waals surface area (Å²) in [6.45, 7) is 15.3. The molecule has 0 radical (unpaired) electrons. The summed E-state index contributed by atoms with van der Waals surface area (Å²) in [7, 11) is 1.64. The quantitative estimate of drug-likeness (QED) is 0.0216. The molecule has 25 heteroatoms. The number of rotatable bonds is 19. The van der Waals surface area contributed by atoms with Gasteiger partial charge in [-0.15, -0.1) is 0 Å². The number of anilines is 2. The first-order valence-electron chi connectivity index (χ1n) is 30.5. The van der Waals surface area contributed by atoms with Gasteiger partial charge in [-0.05, 0) is 106 Å². The van der Waals surface area contributed by atoms with Crippen molar-refractivity contribution in [3.05, 3.63) is 132 Å². The van der Waals surface area contributed by atoms with Crippen molar-refractivity contribution in [3.63, 3.8) is 0 Å². The SMILES string of the molecule is CC(C)CCC=O.COC(C)CCC(CC(=O)[C@@H](C)CCO)C(=O)Nc1cccc2ccccc12.C[C@@H](CCO)C(=O)O.N.N[C@H]1CCO[C@H]2CCC(C(=O)Nc3cccc4ccccc34)N2C1=O.O=CC(F)(F)F.OCC(F)(F)F.[C-]#[N+][C@@H]1CCCc2ccccc21. The number of nitrogens with zero attached hydrogens (tertiary/aromatic N) is 2. The molecule has 0 spiro atoms. The number of methoxy groups -OCH3 is 1. The van der Waals surface area contributed by atoms with Gasteiger partial charge in [0.25, 0.3) is 0 Å². The molecule has 0 bridgehead atoms. The number of carboxylic acids is 1. The predicted molar refractivity (Wildman–Crippen MR) is 345 cm³/mol. The molecule has 0 saturated carbocycles. The zero-order chi connectivity index (χ0) is 69.0. The van der Waals surface area contributed by atoms with Gasteiger partial charge in [-0.3, -0.25) is 28.8 Å². The Morgan fingerprint density at radius 1 is 0.742 bits per heavy atom. The van der Waals surface area contributed by atoms with Crippen LogP contribution in [0.15, 0.2) is 109 Å². The van der Waals surface area contributed by atoms with Crippen molar-refractivity contribution in [3.8, 4) is 0 Å². The van der Waals surface area contributed by atoms with E-state index in [2.05, 4.69) is 47.5 Å². The van der Waals surface area contributed by atoms with Crippen LogP contribution in [0, 0.1) is 30.2 Å². The fourth-order valence-electron chi connectivity index (χ4n) is 9.52. The summed E-state index contributed by atoms with van der Waals surface area (Å²) in [5.41, 5.74) is 10.1. The number of aliphatic hydroxyl groups is 3. The second-order valence-electron chi connectivity index (χ2n) is 22.6. The Balaban J connectivity index is 0.000000598. The molecular formula is C68H92F6N6O13. The lowest BCUT2D eigenvalue weighted by Gasteiger charge is -2.28.